The fourth-order valence-electron chi connectivity index (χ4n) is 3.82. The standard InChI is InChI=1S/C27H31ClN2O3S/c1-18(2)22-12-9-13-23(19(3)4)26(22)29-27(31)24-16-21(14-15-25(24)28)34(32,33)30(5)17-20-10-7-6-8-11-20/h6-16,18-19H,17H2,1-5H3,(H,29,31). The predicted octanol–water partition coefficient (Wildman–Crippen LogP) is 6.66. The van der Waals surface area contributed by atoms with Gasteiger partial charge in [0, 0.05) is 19.3 Å². The fourth-order valence-corrected chi connectivity index (χ4v) is 5.21. The lowest BCUT2D eigenvalue weighted by Gasteiger charge is -2.21. The molecule has 0 spiro atoms. The summed E-state index contributed by atoms with van der Waals surface area (Å²) >= 11 is 6.35. The van der Waals surface area contributed by atoms with Gasteiger partial charge < -0.3 is 5.32 Å². The third kappa shape index (κ3) is 5.69. The summed E-state index contributed by atoms with van der Waals surface area (Å²) in [5.74, 6) is -0.0478. The Balaban J connectivity index is 1.95. The van der Waals surface area contributed by atoms with Crippen LogP contribution in [-0.4, -0.2) is 25.7 Å². The Kier molecular flexibility index (Phi) is 8.18. The third-order valence-corrected chi connectivity index (χ3v) is 7.88. The molecule has 0 saturated carbocycles. The molecule has 0 fully saturated rings. The number of hydrogen-bond donors (Lipinski definition) is 1. The Bertz CT molecular complexity index is 1250. The first-order valence-corrected chi connectivity index (χ1v) is 13.1. The number of rotatable bonds is 8. The van der Waals surface area contributed by atoms with E-state index in [0.717, 1.165) is 22.4 Å². The monoisotopic (exact) mass is 498 g/mol. The predicted molar refractivity (Wildman–Crippen MR) is 139 cm³/mol. The molecule has 0 atom stereocenters. The molecule has 0 bridgehead atoms. The number of halogens is 1. The number of anilines is 1. The van der Waals surface area contributed by atoms with Gasteiger partial charge in [-0.2, -0.15) is 4.31 Å². The number of carbonyl (C=O) groups excluding carboxylic acids is 1. The lowest BCUT2D eigenvalue weighted by Crippen LogP contribution is -2.27. The molecule has 0 aliphatic heterocycles. The van der Waals surface area contributed by atoms with Crippen LogP contribution in [0.4, 0.5) is 5.69 Å². The van der Waals surface area contributed by atoms with E-state index in [2.05, 4.69) is 33.0 Å². The van der Waals surface area contributed by atoms with Crippen LogP contribution in [0, 0.1) is 0 Å². The van der Waals surface area contributed by atoms with Crippen LogP contribution >= 0.6 is 11.6 Å². The van der Waals surface area contributed by atoms with E-state index in [9.17, 15) is 13.2 Å². The molecule has 0 heterocycles. The summed E-state index contributed by atoms with van der Waals surface area (Å²) in [7, 11) is -2.31. The molecule has 0 aliphatic carbocycles. The maximum Gasteiger partial charge on any atom is 0.257 e. The average Bonchev–Trinajstić information content (AvgIpc) is 2.79. The molecule has 5 nitrogen and oxygen atoms in total. The molecule has 0 unspecified atom stereocenters. The van der Waals surface area contributed by atoms with Crippen LogP contribution in [0.3, 0.4) is 0 Å². The Morgan fingerprint density at radius 2 is 1.50 bits per heavy atom. The molecule has 0 aliphatic rings. The van der Waals surface area contributed by atoms with Gasteiger partial charge in [-0.3, -0.25) is 4.79 Å². The summed E-state index contributed by atoms with van der Waals surface area (Å²) in [5, 5.41) is 3.20. The van der Waals surface area contributed by atoms with Crippen molar-refractivity contribution in [1.82, 2.24) is 4.31 Å². The molecular formula is C27H31ClN2O3S. The summed E-state index contributed by atoms with van der Waals surface area (Å²) in [4.78, 5) is 13.3. The van der Waals surface area contributed by atoms with E-state index >= 15 is 0 Å². The maximum absolute atomic E-state index is 13.3. The first-order chi connectivity index (χ1) is 16.0. The number of amides is 1. The second-order valence-electron chi connectivity index (χ2n) is 8.96. The SMILES string of the molecule is CC(C)c1cccc(C(C)C)c1NC(=O)c1cc(S(=O)(=O)N(C)Cc2ccccc2)ccc1Cl. The van der Waals surface area contributed by atoms with Crippen molar-refractivity contribution >= 4 is 33.2 Å². The molecule has 0 saturated heterocycles. The van der Waals surface area contributed by atoms with Gasteiger partial charge in [0.2, 0.25) is 10.0 Å². The Morgan fingerprint density at radius 3 is 2.06 bits per heavy atom. The summed E-state index contributed by atoms with van der Waals surface area (Å²) in [6.07, 6.45) is 0. The smallest absolute Gasteiger partial charge is 0.257 e. The van der Waals surface area contributed by atoms with Gasteiger partial charge in [0.1, 0.15) is 0 Å². The third-order valence-electron chi connectivity index (χ3n) is 5.75. The minimum atomic E-state index is -3.83. The molecule has 34 heavy (non-hydrogen) atoms. The highest BCUT2D eigenvalue weighted by molar-refractivity contribution is 7.89. The normalized spacial score (nSPS) is 11.9. The van der Waals surface area contributed by atoms with Crippen molar-refractivity contribution in [3.8, 4) is 0 Å². The highest BCUT2D eigenvalue weighted by Crippen LogP contribution is 2.33. The van der Waals surface area contributed by atoms with E-state index in [1.54, 1.807) is 0 Å². The zero-order valence-corrected chi connectivity index (χ0v) is 21.7. The number of nitrogens with one attached hydrogen (secondary N) is 1. The molecule has 3 aromatic rings. The van der Waals surface area contributed by atoms with Gasteiger partial charge in [-0.05, 0) is 46.7 Å². The van der Waals surface area contributed by atoms with E-state index in [4.69, 9.17) is 11.6 Å². The minimum Gasteiger partial charge on any atom is -0.321 e. The van der Waals surface area contributed by atoms with Gasteiger partial charge in [-0.1, -0.05) is 87.8 Å². The number of hydrogen-bond acceptors (Lipinski definition) is 3. The van der Waals surface area contributed by atoms with Gasteiger partial charge in [0.15, 0.2) is 0 Å². The maximum atomic E-state index is 13.3. The van der Waals surface area contributed by atoms with Crippen LogP contribution in [0.15, 0.2) is 71.6 Å². The molecule has 180 valence electrons. The number of carbonyl (C=O) groups is 1. The lowest BCUT2D eigenvalue weighted by molar-refractivity contribution is 0.102. The summed E-state index contributed by atoms with van der Waals surface area (Å²) < 4.78 is 27.7. The molecular weight excluding hydrogens is 468 g/mol. The first-order valence-electron chi connectivity index (χ1n) is 11.3. The fraction of sp³-hybridized carbons (Fsp3) is 0.296. The number of benzene rings is 3. The summed E-state index contributed by atoms with van der Waals surface area (Å²) in [6.45, 7) is 8.48. The highest BCUT2D eigenvalue weighted by Gasteiger charge is 2.24. The first kappa shape index (κ1) is 25.9. The van der Waals surface area contributed by atoms with Crippen molar-refractivity contribution in [2.24, 2.45) is 0 Å². The number of para-hydroxylation sites is 1. The van der Waals surface area contributed by atoms with E-state index < -0.39 is 15.9 Å². The van der Waals surface area contributed by atoms with Crippen molar-refractivity contribution in [1.29, 1.82) is 0 Å². The Morgan fingerprint density at radius 1 is 0.912 bits per heavy atom. The van der Waals surface area contributed by atoms with Crippen molar-refractivity contribution in [2.45, 2.75) is 51.0 Å². The van der Waals surface area contributed by atoms with Crippen molar-refractivity contribution in [3.63, 3.8) is 0 Å². The van der Waals surface area contributed by atoms with Gasteiger partial charge in [-0.25, -0.2) is 8.42 Å². The topological polar surface area (TPSA) is 66.5 Å². The van der Waals surface area contributed by atoms with Crippen LogP contribution in [-0.2, 0) is 16.6 Å². The highest BCUT2D eigenvalue weighted by atomic mass is 35.5. The van der Waals surface area contributed by atoms with Crippen LogP contribution in [0.5, 0.6) is 0 Å². The number of nitrogens with zero attached hydrogens (tertiary/aromatic N) is 1. The quantitative estimate of drug-likeness (QED) is 0.377. The van der Waals surface area contributed by atoms with Crippen molar-refractivity contribution in [3.05, 3.63) is 94.0 Å². The van der Waals surface area contributed by atoms with Gasteiger partial charge in [0.05, 0.1) is 15.5 Å². The molecule has 7 heteroatoms. The van der Waals surface area contributed by atoms with E-state index in [1.807, 2.05) is 48.5 Å². The second kappa shape index (κ2) is 10.7. The molecule has 0 radical (unpaired) electrons. The van der Waals surface area contributed by atoms with Crippen molar-refractivity contribution < 1.29 is 13.2 Å². The minimum absolute atomic E-state index is 0.0155. The van der Waals surface area contributed by atoms with E-state index in [-0.39, 0.29) is 33.9 Å². The summed E-state index contributed by atoms with van der Waals surface area (Å²) in [6, 6.07) is 19.5. The average molecular weight is 499 g/mol. The van der Waals surface area contributed by atoms with Crippen molar-refractivity contribution in [2.75, 3.05) is 12.4 Å². The van der Waals surface area contributed by atoms with E-state index in [1.165, 1.54) is 29.6 Å². The zero-order valence-electron chi connectivity index (χ0n) is 20.2. The molecule has 1 N–H and O–H groups in total. The van der Waals surface area contributed by atoms with Crippen LogP contribution in [0.2, 0.25) is 5.02 Å². The zero-order chi connectivity index (χ0) is 25.0. The second-order valence-corrected chi connectivity index (χ2v) is 11.4. The molecule has 3 rings (SSSR count). The largest absolute Gasteiger partial charge is 0.321 e. The van der Waals surface area contributed by atoms with Crippen LogP contribution in [0.1, 0.15) is 66.6 Å². The van der Waals surface area contributed by atoms with Gasteiger partial charge in [0.25, 0.3) is 5.91 Å². The Hall–Kier alpha value is -2.67. The van der Waals surface area contributed by atoms with Gasteiger partial charge in [-0.15, -0.1) is 0 Å². The van der Waals surface area contributed by atoms with Crippen LogP contribution < -0.4 is 5.32 Å². The summed E-state index contributed by atoms with van der Waals surface area (Å²) in [5.41, 5.74) is 3.77. The molecule has 3 aromatic carbocycles. The molecule has 0 aromatic heterocycles. The Labute approximate surface area is 207 Å². The lowest BCUT2D eigenvalue weighted by atomic mass is 9.92. The van der Waals surface area contributed by atoms with Gasteiger partial charge >= 0.3 is 0 Å². The van der Waals surface area contributed by atoms with E-state index in [0.29, 0.717) is 0 Å². The molecule has 1 amide bonds. The van der Waals surface area contributed by atoms with Crippen LogP contribution in [0.25, 0.3) is 0 Å². The number of sulfonamides is 1.